The molecule has 0 spiro atoms. The highest BCUT2D eigenvalue weighted by Crippen LogP contribution is 2.43. The van der Waals surface area contributed by atoms with Crippen LogP contribution in [0.3, 0.4) is 0 Å². The predicted octanol–water partition coefficient (Wildman–Crippen LogP) is 4.34. The number of hydrogen-bond donors (Lipinski definition) is 1. The van der Waals surface area contributed by atoms with Gasteiger partial charge in [0, 0.05) is 29.7 Å². The monoisotopic (exact) mass is 343 g/mol. The molecule has 126 valence electrons. The van der Waals surface area contributed by atoms with Crippen molar-refractivity contribution in [2.24, 2.45) is 0 Å². The van der Waals surface area contributed by atoms with Crippen molar-refractivity contribution in [1.82, 2.24) is 5.32 Å². The SMILES string of the molecule is COCc1ccccc1C(=O)NCC1(c2ccc(Cl)cc2)CCC1. The van der Waals surface area contributed by atoms with Crippen molar-refractivity contribution in [3.8, 4) is 0 Å². The first-order valence-electron chi connectivity index (χ1n) is 8.26. The number of ether oxygens (including phenoxy) is 1. The normalized spacial score (nSPS) is 15.6. The number of carbonyl (C=O) groups excluding carboxylic acids is 1. The number of amides is 1. The van der Waals surface area contributed by atoms with Gasteiger partial charge in [0.25, 0.3) is 5.91 Å². The Bertz CT molecular complexity index is 708. The molecule has 3 rings (SSSR count). The van der Waals surface area contributed by atoms with E-state index in [4.69, 9.17) is 16.3 Å². The second-order valence-corrected chi connectivity index (χ2v) is 6.85. The molecule has 0 bridgehead atoms. The maximum Gasteiger partial charge on any atom is 0.251 e. The van der Waals surface area contributed by atoms with Gasteiger partial charge >= 0.3 is 0 Å². The fraction of sp³-hybridized carbons (Fsp3) is 0.350. The molecule has 0 saturated heterocycles. The van der Waals surface area contributed by atoms with Gasteiger partial charge in [0.05, 0.1) is 6.61 Å². The molecule has 0 radical (unpaired) electrons. The number of nitrogens with one attached hydrogen (secondary N) is 1. The molecule has 0 unspecified atom stereocenters. The zero-order valence-electron chi connectivity index (χ0n) is 13.8. The van der Waals surface area contributed by atoms with E-state index in [9.17, 15) is 4.79 Å². The molecule has 4 heteroatoms. The Morgan fingerprint density at radius 3 is 2.50 bits per heavy atom. The average molecular weight is 344 g/mol. The molecule has 0 atom stereocenters. The summed E-state index contributed by atoms with van der Waals surface area (Å²) in [6.45, 7) is 1.08. The third-order valence-corrected chi connectivity index (χ3v) is 5.17. The van der Waals surface area contributed by atoms with Crippen molar-refractivity contribution in [2.45, 2.75) is 31.3 Å². The third-order valence-electron chi connectivity index (χ3n) is 4.92. The lowest BCUT2D eigenvalue weighted by molar-refractivity contribution is 0.0923. The second kappa shape index (κ2) is 7.37. The minimum atomic E-state index is -0.0390. The van der Waals surface area contributed by atoms with E-state index >= 15 is 0 Å². The van der Waals surface area contributed by atoms with Crippen LogP contribution in [-0.2, 0) is 16.8 Å². The molecule has 1 amide bonds. The van der Waals surface area contributed by atoms with Gasteiger partial charge in [0.15, 0.2) is 0 Å². The quantitative estimate of drug-likeness (QED) is 0.847. The number of halogens is 1. The van der Waals surface area contributed by atoms with Gasteiger partial charge in [-0.3, -0.25) is 4.79 Å². The van der Waals surface area contributed by atoms with Gasteiger partial charge < -0.3 is 10.1 Å². The summed E-state index contributed by atoms with van der Waals surface area (Å²) in [6.07, 6.45) is 3.38. The first-order valence-corrected chi connectivity index (χ1v) is 8.63. The van der Waals surface area contributed by atoms with E-state index in [2.05, 4.69) is 17.4 Å². The van der Waals surface area contributed by atoms with E-state index in [1.807, 2.05) is 36.4 Å². The Balaban J connectivity index is 1.72. The number of carbonyl (C=O) groups is 1. The third kappa shape index (κ3) is 3.47. The minimum Gasteiger partial charge on any atom is -0.380 e. The maximum atomic E-state index is 12.6. The van der Waals surface area contributed by atoms with Gasteiger partial charge in [0.2, 0.25) is 0 Å². The highest BCUT2D eigenvalue weighted by atomic mass is 35.5. The standard InChI is InChI=1S/C20H22ClNO2/c1-24-13-15-5-2-3-6-18(15)19(23)22-14-20(11-4-12-20)16-7-9-17(21)10-8-16/h2-3,5-10H,4,11-14H2,1H3,(H,22,23). The highest BCUT2D eigenvalue weighted by Gasteiger charge is 2.38. The second-order valence-electron chi connectivity index (χ2n) is 6.41. The first kappa shape index (κ1) is 17.0. The van der Waals surface area contributed by atoms with Gasteiger partial charge in [-0.2, -0.15) is 0 Å². The van der Waals surface area contributed by atoms with Crippen LogP contribution in [0.2, 0.25) is 5.02 Å². The molecule has 3 nitrogen and oxygen atoms in total. The van der Waals surface area contributed by atoms with Gasteiger partial charge in [-0.05, 0) is 42.2 Å². The van der Waals surface area contributed by atoms with Crippen LogP contribution in [-0.4, -0.2) is 19.6 Å². The van der Waals surface area contributed by atoms with Crippen molar-refractivity contribution in [1.29, 1.82) is 0 Å². The topological polar surface area (TPSA) is 38.3 Å². The molecular formula is C20H22ClNO2. The van der Waals surface area contributed by atoms with Crippen molar-refractivity contribution in [2.75, 3.05) is 13.7 Å². The number of methoxy groups -OCH3 is 1. The molecule has 0 aliphatic heterocycles. The summed E-state index contributed by atoms with van der Waals surface area (Å²) in [5.74, 6) is -0.0390. The molecule has 0 aromatic heterocycles. The van der Waals surface area contributed by atoms with E-state index in [1.165, 1.54) is 12.0 Å². The van der Waals surface area contributed by atoms with Crippen LogP contribution in [0.1, 0.15) is 40.7 Å². The molecule has 1 aliphatic rings. The Labute approximate surface area is 148 Å². The van der Waals surface area contributed by atoms with Crippen LogP contribution in [0.15, 0.2) is 48.5 Å². The van der Waals surface area contributed by atoms with E-state index in [1.54, 1.807) is 7.11 Å². The number of hydrogen-bond acceptors (Lipinski definition) is 2. The summed E-state index contributed by atoms with van der Waals surface area (Å²) < 4.78 is 5.18. The van der Waals surface area contributed by atoms with Crippen molar-refractivity contribution < 1.29 is 9.53 Å². The fourth-order valence-electron chi connectivity index (χ4n) is 3.34. The van der Waals surface area contributed by atoms with Crippen molar-refractivity contribution in [3.63, 3.8) is 0 Å². The number of rotatable bonds is 6. The largest absolute Gasteiger partial charge is 0.380 e. The Hall–Kier alpha value is -1.84. The van der Waals surface area contributed by atoms with E-state index in [0.717, 1.165) is 23.4 Å². The smallest absolute Gasteiger partial charge is 0.251 e. The number of benzene rings is 2. The summed E-state index contributed by atoms with van der Waals surface area (Å²) in [5.41, 5.74) is 2.89. The Morgan fingerprint density at radius 1 is 1.17 bits per heavy atom. The molecule has 2 aromatic rings. The molecule has 24 heavy (non-hydrogen) atoms. The zero-order chi connectivity index (χ0) is 17.0. The van der Waals surface area contributed by atoms with Crippen molar-refractivity contribution in [3.05, 3.63) is 70.2 Å². The summed E-state index contributed by atoms with van der Waals surface area (Å²) >= 11 is 6.00. The summed E-state index contributed by atoms with van der Waals surface area (Å²) in [4.78, 5) is 12.6. The van der Waals surface area contributed by atoms with Crippen LogP contribution in [0, 0.1) is 0 Å². The van der Waals surface area contributed by atoms with Crippen LogP contribution in [0.25, 0.3) is 0 Å². The first-order chi connectivity index (χ1) is 11.6. The molecule has 0 heterocycles. The summed E-state index contributed by atoms with van der Waals surface area (Å²) in [5, 5.41) is 3.87. The van der Waals surface area contributed by atoms with Gasteiger partial charge in [-0.25, -0.2) is 0 Å². The van der Waals surface area contributed by atoms with E-state index in [0.29, 0.717) is 18.7 Å². The van der Waals surface area contributed by atoms with Crippen molar-refractivity contribution >= 4 is 17.5 Å². The fourth-order valence-corrected chi connectivity index (χ4v) is 3.47. The lowest BCUT2D eigenvalue weighted by Crippen LogP contribution is -2.45. The zero-order valence-corrected chi connectivity index (χ0v) is 14.6. The molecule has 2 aromatic carbocycles. The van der Waals surface area contributed by atoms with Crippen LogP contribution in [0.4, 0.5) is 0 Å². The minimum absolute atomic E-state index is 0.0381. The van der Waals surface area contributed by atoms with Crippen LogP contribution < -0.4 is 5.32 Å². The van der Waals surface area contributed by atoms with E-state index in [-0.39, 0.29) is 11.3 Å². The molecule has 1 fully saturated rings. The lowest BCUT2D eigenvalue weighted by Gasteiger charge is -2.42. The molecule has 1 N–H and O–H groups in total. The molecule has 1 saturated carbocycles. The lowest BCUT2D eigenvalue weighted by atomic mass is 9.64. The Morgan fingerprint density at radius 2 is 1.88 bits per heavy atom. The van der Waals surface area contributed by atoms with Gasteiger partial charge in [0.1, 0.15) is 0 Å². The van der Waals surface area contributed by atoms with Crippen LogP contribution in [0.5, 0.6) is 0 Å². The Kier molecular flexibility index (Phi) is 5.22. The van der Waals surface area contributed by atoms with Crippen LogP contribution >= 0.6 is 11.6 Å². The maximum absolute atomic E-state index is 12.6. The summed E-state index contributed by atoms with van der Waals surface area (Å²) in [7, 11) is 1.64. The summed E-state index contributed by atoms with van der Waals surface area (Å²) in [6, 6.07) is 15.6. The highest BCUT2D eigenvalue weighted by molar-refractivity contribution is 6.30. The average Bonchev–Trinajstić information content (AvgIpc) is 2.56. The molecule has 1 aliphatic carbocycles. The van der Waals surface area contributed by atoms with Gasteiger partial charge in [-0.1, -0.05) is 48.4 Å². The van der Waals surface area contributed by atoms with E-state index < -0.39 is 0 Å². The van der Waals surface area contributed by atoms with Gasteiger partial charge in [-0.15, -0.1) is 0 Å². The molecular weight excluding hydrogens is 322 g/mol. The predicted molar refractivity (Wildman–Crippen MR) is 96.5 cm³/mol.